The maximum absolute atomic E-state index is 3.91. The van der Waals surface area contributed by atoms with Gasteiger partial charge in [0.15, 0.2) is 0 Å². The Morgan fingerprint density at radius 1 is 1.23 bits per heavy atom. The number of hydrogen-bond acceptors (Lipinski definition) is 0. The van der Waals surface area contributed by atoms with Gasteiger partial charge in [-0.1, -0.05) is 40.7 Å². The summed E-state index contributed by atoms with van der Waals surface area (Å²) < 4.78 is 0. The lowest BCUT2D eigenvalue weighted by Crippen LogP contribution is -2.09. The average Bonchev–Trinajstić information content (AvgIpc) is 1.95. The van der Waals surface area contributed by atoms with Crippen molar-refractivity contribution in [3.05, 3.63) is 12.7 Å². The molecule has 0 aliphatic heterocycles. The molecule has 0 N–H and O–H groups in total. The maximum atomic E-state index is 3.91. The van der Waals surface area contributed by atoms with Crippen LogP contribution in [-0.4, -0.2) is 0 Å². The van der Waals surface area contributed by atoms with E-state index in [0.717, 1.165) is 11.8 Å². The van der Waals surface area contributed by atoms with Crippen LogP contribution < -0.4 is 0 Å². The molecule has 0 saturated heterocycles. The summed E-state index contributed by atoms with van der Waals surface area (Å²) in [7, 11) is 0. The summed E-state index contributed by atoms with van der Waals surface area (Å²) in [4.78, 5) is 0. The predicted octanol–water partition coefficient (Wildman–Crippen LogP) is 4.66. The Hall–Kier alpha value is -0.260. The highest BCUT2D eigenvalue weighted by atomic mass is 14.2. The van der Waals surface area contributed by atoms with E-state index in [1.54, 1.807) is 0 Å². The Bertz CT molecular complexity index is 137. The van der Waals surface area contributed by atoms with Gasteiger partial charge in [0, 0.05) is 0 Å². The second kappa shape index (κ2) is 5.47. The summed E-state index contributed by atoms with van der Waals surface area (Å²) in [6.07, 6.45) is 6.02. The van der Waals surface area contributed by atoms with Crippen LogP contribution in [0.15, 0.2) is 12.7 Å². The lowest BCUT2D eigenvalue weighted by molar-refractivity contribution is 0.323. The van der Waals surface area contributed by atoms with Gasteiger partial charge < -0.3 is 0 Å². The largest absolute Gasteiger partial charge is 0.103 e. The van der Waals surface area contributed by atoms with Crippen LogP contribution in [0.1, 0.15) is 53.9 Å². The van der Waals surface area contributed by atoms with Crippen LogP contribution in [0, 0.1) is 17.3 Å². The Kier molecular flexibility index (Phi) is 5.36. The lowest BCUT2D eigenvalue weighted by Gasteiger charge is -2.22. The van der Waals surface area contributed by atoms with Crippen molar-refractivity contribution in [1.29, 1.82) is 0 Å². The average molecular weight is 182 g/mol. The third-order valence-electron chi connectivity index (χ3n) is 2.37. The molecule has 0 aromatic heterocycles. The fourth-order valence-corrected chi connectivity index (χ4v) is 1.56. The van der Waals surface area contributed by atoms with Gasteiger partial charge in [0.25, 0.3) is 0 Å². The topological polar surface area (TPSA) is 0 Å². The first-order valence-electron chi connectivity index (χ1n) is 5.47. The fraction of sp³-hybridized carbons (Fsp3) is 0.846. The molecule has 0 heteroatoms. The molecule has 13 heavy (non-hydrogen) atoms. The minimum atomic E-state index is 0.470. The van der Waals surface area contributed by atoms with E-state index >= 15 is 0 Å². The van der Waals surface area contributed by atoms with Crippen molar-refractivity contribution >= 4 is 0 Å². The molecule has 0 radical (unpaired) electrons. The first-order valence-corrected chi connectivity index (χ1v) is 5.47. The maximum Gasteiger partial charge on any atom is -0.0234 e. The van der Waals surface area contributed by atoms with Crippen molar-refractivity contribution in [2.24, 2.45) is 17.3 Å². The van der Waals surface area contributed by atoms with E-state index in [2.05, 4.69) is 47.3 Å². The summed E-state index contributed by atoms with van der Waals surface area (Å²) in [5, 5.41) is 0. The van der Waals surface area contributed by atoms with Crippen LogP contribution in [-0.2, 0) is 0 Å². The van der Waals surface area contributed by atoms with E-state index < -0.39 is 0 Å². The molecule has 1 unspecified atom stereocenters. The van der Waals surface area contributed by atoms with Gasteiger partial charge in [-0.05, 0) is 36.5 Å². The SMILES string of the molecule is C=CC(CCC(C)(C)C)CC(C)C. The minimum Gasteiger partial charge on any atom is -0.103 e. The molecule has 0 bridgehead atoms. The Morgan fingerprint density at radius 3 is 2.08 bits per heavy atom. The highest BCUT2D eigenvalue weighted by Gasteiger charge is 2.13. The molecule has 0 amide bonds. The van der Waals surface area contributed by atoms with Gasteiger partial charge in [-0.25, -0.2) is 0 Å². The van der Waals surface area contributed by atoms with Gasteiger partial charge in [0.05, 0.1) is 0 Å². The molecule has 0 aliphatic carbocycles. The Labute approximate surface area is 84.4 Å². The summed E-state index contributed by atoms with van der Waals surface area (Å²) in [6.45, 7) is 15.4. The van der Waals surface area contributed by atoms with E-state index in [-0.39, 0.29) is 0 Å². The summed E-state index contributed by atoms with van der Waals surface area (Å²) in [6, 6.07) is 0. The number of rotatable bonds is 5. The van der Waals surface area contributed by atoms with Gasteiger partial charge in [-0.15, -0.1) is 6.58 Å². The molecule has 0 heterocycles. The van der Waals surface area contributed by atoms with Gasteiger partial charge in [0.2, 0.25) is 0 Å². The standard InChI is InChI=1S/C13H26/c1-7-12(10-11(2)3)8-9-13(4,5)6/h7,11-12H,1,8-10H2,2-6H3. The monoisotopic (exact) mass is 182 g/mol. The molecule has 0 aromatic carbocycles. The quantitative estimate of drug-likeness (QED) is 0.542. The molecular weight excluding hydrogens is 156 g/mol. The fourth-order valence-electron chi connectivity index (χ4n) is 1.56. The molecule has 0 nitrogen and oxygen atoms in total. The summed E-state index contributed by atoms with van der Waals surface area (Å²) in [5.41, 5.74) is 0.470. The molecule has 0 aliphatic rings. The van der Waals surface area contributed by atoms with Crippen molar-refractivity contribution < 1.29 is 0 Å². The van der Waals surface area contributed by atoms with Crippen LogP contribution >= 0.6 is 0 Å². The van der Waals surface area contributed by atoms with Crippen molar-refractivity contribution in [1.82, 2.24) is 0 Å². The molecule has 1 atom stereocenters. The third kappa shape index (κ3) is 8.08. The van der Waals surface area contributed by atoms with Crippen molar-refractivity contribution in [2.45, 2.75) is 53.9 Å². The van der Waals surface area contributed by atoms with Gasteiger partial charge in [0.1, 0.15) is 0 Å². The highest BCUT2D eigenvalue weighted by molar-refractivity contribution is 4.81. The molecule has 78 valence electrons. The summed E-state index contributed by atoms with van der Waals surface area (Å²) >= 11 is 0. The highest BCUT2D eigenvalue weighted by Crippen LogP contribution is 2.26. The zero-order chi connectivity index (χ0) is 10.5. The first-order chi connectivity index (χ1) is 5.85. The molecule has 0 aromatic rings. The van der Waals surface area contributed by atoms with E-state index in [1.807, 2.05) is 0 Å². The van der Waals surface area contributed by atoms with Crippen LogP contribution in [0.5, 0.6) is 0 Å². The molecule has 0 rings (SSSR count). The third-order valence-corrected chi connectivity index (χ3v) is 2.37. The normalized spacial score (nSPS) is 14.6. The lowest BCUT2D eigenvalue weighted by atomic mass is 9.84. The Morgan fingerprint density at radius 2 is 1.77 bits per heavy atom. The van der Waals surface area contributed by atoms with Crippen LogP contribution in [0.2, 0.25) is 0 Å². The zero-order valence-electron chi connectivity index (χ0n) is 10.1. The smallest absolute Gasteiger partial charge is 0.0234 e. The van der Waals surface area contributed by atoms with E-state index in [9.17, 15) is 0 Å². The van der Waals surface area contributed by atoms with Crippen LogP contribution in [0.3, 0.4) is 0 Å². The zero-order valence-corrected chi connectivity index (χ0v) is 10.1. The van der Waals surface area contributed by atoms with Crippen molar-refractivity contribution in [2.75, 3.05) is 0 Å². The molecule has 0 spiro atoms. The Balaban J connectivity index is 3.79. The molecule has 0 saturated carbocycles. The van der Waals surface area contributed by atoms with E-state index in [4.69, 9.17) is 0 Å². The van der Waals surface area contributed by atoms with Crippen LogP contribution in [0.4, 0.5) is 0 Å². The molecular formula is C13H26. The second-order valence-electron chi connectivity index (χ2n) is 5.72. The van der Waals surface area contributed by atoms with Crippen LogP contribution in [0.25, 0.3) is 0 Å². The van der Waals surface area contributed by atoms with Gasteiger partial charge in [-0.3, -0.25) is 0 Å². The van der Waals surface area contributed by atoms with Crippen molar-refractivity contribution in [3.8, 4) is 0 Å². The second-order valence-corrected chi connectivity index (χ2v) is 5.72. The minimum absolute atomic E-state index is 0.470. The summed E-state index contributed by atoms with van der Waals surface area (Å²) in [5.74, 6) is 1.52. The van der Waals surface area contributed by atoms with Crippen molar-refractivity contribution in [3.63, 3.8) is 0 Å². The van der Waals surface area contributed by atoms with E-state index in [0.29, 0.717) is 5.41 Å². The molecule has 0 fully saturated rings. The number of hydrogen-bond donors (Lipinski definition) is 0. The van der Waals surface area contributed by atoms with Gasteiger partial charge in [-0.2, -0.15) is 0 Å². The first kappa shape index (κ1) is 12.7. The predicted molar refractivity (Wildman–Crippen MR) is 61.8 cm³/mol. The van der Waals surface area contributed by atoms with Gasteiger partial charge >= 0.3 is 0 Å². The number of allylic oxidation sites excluding steroid dienone is 1. The van der Waals surface area contributed by atoms with E-state index in [1.165, 1.54) is 19.3 Å².